The average Bonchev–Trinajstić information content (AvgIpc) is 2.24. The lowest BCUT2D eigenvalue weighted by atomic mass is 9.93. The lowest BCUT2D eigenvalue weighted by Crippen LogP contribution is -2.20. The molecule has 0 saturated carbocycles. The van der Waals surface area contributed by atoms with Gasteiger partial charge in [-0.05, 0) is 18.8 Å². The van der Waals surface area contributed by atoms with Crippen LogP contribution in [0.4, 0.5) is 0 Å². The summed E-state index contributed by atoms with van der Waals surface area (Å²) in [5, 5.41) is 9.72. The molecule has 0 bridgehead atoms. The van der Waals surface area contributed by atoms with Gasteiger partial charge in [0.1, 0.15) is 5.78 Å². The molecule has 0 heterocycles. The molecule has 0 aliphatic carbocycles. The lowest BCUT2D eigenvalue weighted by molar-refractivity contribution is -0.120. The van der Waals surface area contributed by atoms with E-state index < -0.39 is 0 Å². The molecular formula is C14H28O2. The van der Waals surface area contributed by atoms with Crippen molar-refractivity contribution in [1.29, 1.82) is 0 Å². The second-order valence-corrected chi connectivity index (χ2v) is 4.89. The van der Waals surface area contributed by atoms with Gasteiger partial charge in [-0.3, -0.25) is 4.79 Å². The van der Waals surface area contributed by atoms with E-state index in [1.165, 1.54) is 12.8 Å². The van der Waals surface area contributed by atoms with E-state index in [9.17, 15) is 9.90 Å². The molecule has 2 unspecified atom stereocenters. The molecule has 0 aliphatic rings. The summed E-state index contributed by atoms with van der Waals surface area (Å²) in [4.78, 5) is 11.6. The second kappa shape index (κ2) is 9.83. The molecular weight excluding hydrogens is 200 g/mol. The predicted molar refractivity (Wildman–Crippen MR) is 68.5 cm³/mol. The fourth-order valence-corrected chi connectivity index (χ4v) is 1.93. The van der Waals surface area contributed by atoms with Crippen molar-refractivity contribution in [3.05, 3.63) is 0 Å². The third kappa shape index (κ3) is 7.86. The monoisotopic (exact) mass is 228 g/mol. The summed E-state index contributed by atoms with van der Waals surface area (Å²) in [6.45, 7) is 6.21. The summed E-state index contributed by atoms with van der Waals surface area (Å²) >= 11 is 0. The number of Topliss-reactive ketones (excluding diaryl/α,β-unsaturated/α-hetero) is 1. The van der Waals surface area contributed by atoms with Gasteiger partial charge in [-0.25, -0.2) is 0 Å². The second-order valence-electron chi connectivity index (χ2n) is 4.89. The lowest BCUT2D eigenvalue weighted by Gasteiger charge is -2.17. The van der Waals surface area contributed by atoms with Gasteiger partial charge in [-0.1, -0.05) is 46.5 Å². The normalized spacial score (nSPS) is 14.8. The van der Waals surface area contributed by atoms with Crippen LogP contribution in [0, 0.1) is 5.92 Å². The molecule has 1 N–H and O–H groups in total. The van der Waals surface area contributed by atoms with Crippen LogP contribution in [0.2, 0.25) is 0 Å². The van der Waals surface area contributed by atoms with Crippen molar-refractivity contribution < 1.29 is 9.90 Å². The Morgan fingerprint density at radius 1 is 1.12 bits per heavy atom. The number of aliphatic hydroxyl groups is 1. The standard InChI is InChI=1S/C14H28O2/c1-4-6-7-8-10-13(15)11-12(3)14(16)9-5-2/h12,14,16H,4-11H2,1-3H3. The zero-order valence-electron chi connectivity index (χ0n) is 11.2. The number of carbonyl (C=O) groups is 1. The minimum atomic E-state index is -0.301. The van der Waals surface area contributed by atoms with Crippen molar-refractivity contribution in [2.24, 2.45) is 5.92 Å². The maximum atomic E-state index is 11.6. The van der Waals surface area contributed by atoms with Crippen molar-refractivity contribution in [3.63, 3.8) is 0 Å². The summed E-state index contributed by atoms with van der Waals surface area (Å²) in [6.07, 6.45) is 7.35. The molecule has 0 fully saturated rings. The van der Waals surface area contributed by atoms with Gasteiger partial charge in [-0.2, -0.15) is 0 Å². The number of unbranched alkanes of at least 4 members (excludes halogenated alkanes) is 3. The zero-order chi connectivity index (χ0) is 12.4. The van der Waals surface area contributed by atoms with E-state index in [0.717, 1.165) is 25.7 Å². The van der Waals surface area contributed by atoms with E-state index >= 15 is 0 Å². The van der Waals surface area contributed by atoms with E-state index in [0.29, 0.717) is 18.6 Å². The summed E-state index contributed by atoms with van der Waals surface area (Å²) in [5.41, 5.74) is 0. The van der Waals surface area contributed by atoms with E-state index in [1.807, 2.05) is 6.92 Å². The number of hydrogen-bond donors (Lipinski definition) is 1. The van der Waals surface area contributed by atoms with Crippen LogP contribution in [0.3, 0.4) is 0 Å². The Hall–Kier alpha value is -0.370. The third-order valence-electron chi connectivity index (χ3n) is 3.10. The van der Waals surface area contributed by atoms with Gasteiger partial charge in [0.2, 0.25) is 0 Å². The van der Waals surface area contributed by atoms with Crippen LogP contribution >= 0.6 is 0 Å². The Bertz CT molecular complexity index is 178. The van der Waals surface area contributed by atoms with E-state index in [4.69, 9.17) is 0 Å². The van der Waals surface area contributed by atoms with Crippen molar-refractivity contribution >= 4 is 5.78 Å². The summed E-state index contributed by atoms with van der Waals surface area (Å²) in [6, 6.07) is 0. The highest BCUT2D eigenvalue weighted by Gasteiger charge is 2.16. The summed E-state index contributed by atoms with van der Waals surface area (Å²) < 4.78 is 0. The van der Waals surface area contributed by atoms with E-state index in [1.54, 1.807) is 0 Å². The van der Waals surface area contributed by atoms with Crippen LogP contribution in [-0.4, -0.2) is 17.0 Å². The largest absolute Gasteiger partial charge is 0.393 e. The zero-order valence-corrected chi connectivity index (χ0v) is 11.2. The molecule has 0 aromatic carbocycles. The first kappa shape index (κ1) is 15.6. The Morgan fingerprint density at radius 2 is 1.81 bits per heavy atom. The third-order valence-corrected chi connectivity index (χ3v) is 3.10. The highest BCUT2D eigenvalue weighted by molar-refractivity contribution is 5.78. The quantitative estimate of drug-likeness (QED) is 0.579. The number of ketones is 1. The van der Waals surface area contributed by atoms with Crippen molar-refractivity contribution in [1.82, 2.24) is 0 Å². The first-order chi connectivity index (χ1) is 7.61. The highest BCUT2D eigenvalue weighted by Crippen LogP contribution is 2.15. The predicted octanol–water partition coefficient (Wildman–Crippen LogP) is 3.71. The van der Waals surface area contributed by atoms with Crippen molar-refractivity contribution in [2.75, 3.05) is 0 Å². The van der Waals surface area contributed by atoms with Crippen LogP contribution in [0.15, 0.2) is 0 Å². The minimum absolute atomic E-state index is 0.124. The molecule has 0 rings (SSSR count). The van der Waals surface area contributed by atoms with Crippen LogP contribution in [0.25, 0.3) is 0 Å². The smallest absolute Gasteiger partial charge is 0.133 e. The first-order valence-corrected chi connectivity index (χ1v) is 6.81. The van der Waals surface area contributed by atoms with Crippen molar-refractivity contribution in [2.45, 2.75) is 78.2 Å². The van der Waals surface area contributed by atoms with Crippen LogP contribution in [-0.2, 0) is 4.79 Å². The van der Waals surface area contributed by atoms with Crippen LogP contribution < -0.4 is 0 Å². The topological polar surface area (TPSA) is 37.3 Å². The summed E-state index contributed by atoms with van der Waals surface area (Å²) in [7, 11) is 0. The van der Waals surface area contributed by atoms with Gasteiger partial charge in [0.25, 0.3) is 0 Å². The Balaban J connectivity index is 3.61. The van der Waals surface area contributed by atoms with Gasteiger partial charge in [0.15, 0.2) is 0 Å². The van der Waals surface area contributed by atoms with E-state index in [-0.39, 0.29) is 12.0 Å². The maximum absolute atomic E-state index is 11.6. The van der Waals surface area contributed by atoms with Gasteiger partial charge in [0, 0.05) is 12.8 Å². The van der Waals surface area contributed by atoms with Crippen molar-refractivity contribution in [3.8, 4) is 0 Å². The molecule has 16 heavy (non-hydrogen) atoms. The molecule has 96 valence electrons. The fourth-order valence-electron chi connectivity index (χ4n) is 1.93. The highest BCUT2D eigenvalue weighted by atomic mass is 16.3. The number of hydrogen-bond acceptors (Lipinski definition) is 2. The first-order valence-electron chi connectivity index (χ1n) is 6.81. The SMILES string of the molecule is CCCCCCC(=O)CC(C)C(O)CCC. The van der Waals surface area contributed by atoms with Gasteiger partial charge in [-0.15, -0.1) is 0 Å². The molecule has 0 spiro atoms. The number of carbonyl (C=O) groups excluding carboxylic acids is 1. The molecule has 2 heteroatoms. The summed E-state index contributed by atoms with van der Waals surface area (Å²) in [5.74, 6) is 0.442. The number of aliphatic hydroxyl groups excluding tert-OH is 1. The molecule has 2 nitrogen and oxygen atoms in total. The van der Waals surface area contributed by atoms with E-state index in [2.05, 4.69) is 13.8 Å². The molecule has 0 radical (unpaired) electrons. The van der Waals surface area contributed by atoms with Crippen LogP contribution in [0.5, 0.6) is 0 Å². The molecule has 0 aliphatic heterocycles. The van der Waals surface area contributed by atoms with Gasteiger partial charge >= 0.3 is 0 Å². The molecule has 0 saturated heterocycles. The average molecular weight is 228 g/mol. The van der Waals surface area contributed by atoms with Crippen LogP contribution in [0.1, 0.15) is 72.1 Å². The molecule has 0 aromatic rings. The number of rotatable bonds is 10. The van der Waals surface area contributed by atoms with Gasteiger partial charge in [0.05, 0.1) is 6.10 Å². The minimum Gasteiger partial charge on any atom is -0.393 e. The maximum Gasteiger partial charge on any atom is 0.133 e. The Kier molecular flexibility index (Phi) is 9.60. The van der Waals surface area contributed by atoms with Gasteiger partial charge < -0.3 is 5.11 Å². The molecule has 0 aromatic heterocycles. The molecule has 0 amide bonds. The molecule has 2 atom stereocenters. The Morgan fingerprint density at radius 3 is 2.38 bits per heavy atom. The Labute approximate surface area is 100 Å². The fraction of sp³-hybridized carbons (Fsp3) is 0.929.